The summed E-state index contributed by atoms with van der Waals surface area (Å²) >= 11 is 0. The van der Waals surface area contributed by atoms with Crippen molar-refractivity contribution in [3.05, 3.63) is 64.2 Å². The summed E-state index contributed by atoms with van der Waals surface area (Å²) in [6.07, 6.45) is 1.21. The lowest BCUT2D eigenvalue weighted by atomic mass is 9.84. The molecule has 0 unspecified atom stereocenters. The summed E-state index contributed by atoms with van der Waals surface area (Å²) in [5.41, 5.74) is 6.11. The topological polar surface area (TPSA) is 56.9 Å². The van der Waals surface area contributed by atoms with Crippen LogP contribution in [0.2, 0.25) is 0 Å². The fourth-order valence-corrected chi connectivity index (χ4v) is 3.04. The Bertz CT molecular complexity index is 747. The van der Waals surface area contributed by atoms with E-state index in [1.807, 2.05) is 43.3 Å². The maximum atomic E-state index is 8.64. The summed E-state index contributed by atoms with van der Waals surface area (Å²) in [6.45, 7) is 1.99. The van der Waals surface area contributed by atoms with Crippen molar-refractivity contribution in [2.24, 2.45) is 0 Å². The van der Waals surface area contributed by atoms with Crippen LogP contribution in [0.3, 0.4) is 0 Å². The molecule has 3 rings (SSSR count). The zero-order valence-electron chi connectivity index (χ0n) is 12.3. The van der Waals surface area contributed by atoms with Crippen molar-refractivity contribution in [1.29, 1.82) is 10.8 Å². The molecule has 3 heteroatoms. The van der Waals surface area contributed by atoms with Crippen LogP contribution in [0, 0.1) is 17.7 Å². The molecule has 1 aliphatic carbocycles. The van der Waals surface area contributed by atoms with Crippen molar-refractivity contribution < 1.29 is 4.74 Å². The van der Waals surface area contributed by atoms with Crippen LogP contribution in [0.15, 0.2) is 36.4 Å². The number of benzene rings is 2. The number of fused-ring (bicyclic) bond motifs is 2. The SMILES string of the molecule is COc1ccc2c(c1C)C(=N)c1ccccc1CC(=N)C2. The largest absolute Gasteiger partial charge is 0.496 e. The van der Waals surface area contributed by atoms with Crippen molar-refractivity contribution >= 4 is 11.4 Å². The van der Waals surface area contributed by atoms with E-state index in [0.29, 0.717) is 24.3 Å². The van der Waals surface area contributed by atoms with Crippen molar-refractivity contribution in [2.75, 3.05) is 7.11 Å². The van der Waals surface area contributed by atoms with E-state index >= 15 is 0 Å². The molecule has 0 aromatic heterocycles. The van der Waals surface area contributed by atoms with Gasteiger partial charge in [0.15, 0.2) is 0 Å². The second-order valence-electron chi connectivity index (χ2n) is 5.42. The molecule has 0 radical (unpaired) electrons. The van der Waals surface area contributed by atoms with Gasteiger partial charge < -0.3 is 10.1 Å². The first-order valence-corrected chi connectivity index (χ1v) is 7.01. The van der Waals surface area contributed by atoms with E-state index in [9.17, 15) is 0 Å². The molecule has 1 aliphatic rings. The molecule has 0 bridgehead atoms. The maximum absolute atomic E-state index is 8.64. The lowest BCUT2D eigenvalue weighted by Crippen LogP contribution is -2.19. The van der Waals surface area contributed by atoms with Gasteiger partial charge in [-0.25, -0.2) is 0 Å². The maximum Gasteiger partial charge on any atom is 0.122 e. The first-order chi connectivity index (χ1) is 10.1. The molecule has 0 heterocycles. The number of rotatable bonds is 1. The van der Waals surface area contributed by atoms with Gasteiger partial charge in [0.1, 0.15) is 5.75 Å². The predicted molar refractivity (Wildman–Crippen MR) is 85.2 cm³/mol. The Kier molecular flexibility index (Phi) is 3.34. The van der Waals surface area contributed by atoms with E-state index < -0.39 is 0 Å². The molecule has 2 aromatic carbocycles. The smallest absolute Gasteiger partial charge is 0.122 e. The predicted octanol–water partition coefficient (Wildman–Crippen LogP) is 3.54. The Balaban J connectivity index is 2.28. The zero-order chi connectivity index (χ0) is 15.0. The van der Waals surface area contributed by atoms with Crippen LogP contribution < -0.4 is 4.74 Å². The molecule has 0 aliphatic heterocycles. The molecular formula is C18H18N2O. The highest BCUT2D eigenvalue weighted by Gasteiger charge is 2.21. The summed E-state index contributed by atoms with van der Waals surface area (Å²) in [4.78, 5) is 0. The molecule has 0 saturated carbocycles. The first-order valence-electron chi connectivity index (χ1n) is 7.01. The molecule has 0 spiro atoms. The van der Waals surface area contributed by atoms with E-state index in [4.69, 9.17) is 15.6 Å². The lowest BCUT2D eigenvalue weighted by Gasteiger charge is -2.21. The minimum atomic E-state index is 0.532. The summed E-state index contributed by atoms with van der Waals surface area (Å²) in [6, 6.07) is 11.8. The average molecular weight is 278 g/mol. The van der Waals surface area contributed by atoms with Gasteiger partial charge in [0, 0.05) is 35.2 Å². The van der Waals surface area contributed by atoms with Gasteiger partial charge in [0.25, 0.3) is 0 Å². The fourth-order valence-electron chi connectivity index (χ4n) is 3.04. The van der Waals surface area contributed by atoms with Crippen LogP contribution in [-0.4, -0.2) is 18.5 Å². The number of hydrogen-bond donors (Lipinski definition) is 2. The van der Waals surface area contributed by atoms with Gasteiger partial charge in [-0.15, -0.1) is 0 Å². The Morgan fingerprint density at radius 1 is 0.952 bits per heavy atom. The first kappa shape index (κ1) is 13.6. The third-order valence-corrected chi connectivity index (χ3v) is 4.07. The summed E-state index contributed by atoms with van der Waals surface area (Å²) in [5, 5.41) is 16.9. The highest BCUT2D eigenvalue weighted by atomic mass is 16.5. The Hall–Kier alpha value is -2.42. The van der Waals surface area contributed by atoms with Crippen LogP contribution in [0.5, 0.6) is 5.75 Å². The summed E-state index contributed by atoms with van der Waals surface area (Å²) < 4.78 is 5.40. The highest BCUT2D eigenvalue weighted by Crippen LogP contribution is 2.30. The van der Waals surface area contributed by atoms with Crippen molar-refractivity contribution in [1.82, 2.24) is 0 Å². The van der Waals surface area contributed by atoms with E-state index in [1.165, 1.54) is 0 Å². The van der Waals surface area contributed by atoms with Crippen LogP contribution in [0.25, 0.3) is 0 Å². The fraction of sp³-hybridized carbons (Fsp3) is 0.222. The molecular weight excluding hydrogens is 260 g/mol. The molecule has 2 N–H and O–H groups in total. The zero-order valence-corrected chi connectivity index (χ0v) is 12.3. The Morgan fingerprint density at radius 3 is 2.43 bits per heavy atom. The van der Waals surface area contributed by atoms with Crippen molar-refractivity contribution in [3.63, 3.8) is 0 Å². The van der Waals surface area contributed by atoms with Crippen LogP contribution >= 0.6 is 0 Å². The van der Waals surface area contributed by atoms with Crippen molar-refractivity contribution in [2.45, 2.75) is 19.8 Å². The molecule has 21 heavy (non-hydrogen) atoms. The minimum absolute atomic E-state index is 0.532. The molecule has 106 valence electrons. The van der Waals surface area contributed by atoms with Gasteiger partial charge in [0.05, 0.1) is 12.8 Å². The molecule has 2 aromatic rings. The normalized spacial score (nSPS) is 14.0. The summed E-state index contributed by atoms with van der Waals surface area (Å²) in [7, 11) is 1.65. The average Bonchev–Trinajstić information content (AvgIpc) is 2.46. The van der Waals surface area contributed by atoms with Gasteiger partial charge in [-0.3, -0.25) is 5.41 Å². The van der Waals surface area contributed by atoms with Gasteiger partial charge in [0.2, 0.25) is 0 Å². The molecule has 0 atom stereocenters. The van der Waals surface area contributed by atoms with E-state index in [1.54, 1.807) is 7.11 Å². The standard InChI is InChI=1S/C18H18N2O/c1-11-16(21-2)8-7-13-10-14(19)9-12-5-3-4-6-15(12)18(20)17(11)13/h3-8,19-20H,9-10H2,1-2H3. The Labute approximate surface area is 124 Å². The van der Waals surface area contributed by atoms with Crippen LogP contribution in [0.1, 0.15) is 27.8 Å². The number of nitrogens with one attached hydrogen (secondary N) is 2. The lowest BCUT2D eigenvalue weighted by molar-refractivity contribution is 0.411. The molecule has 0 saturated heterocycles. The number of ether oxygens (including phenoxy) is 1. The van der Waals surface area contributed by atoms with Gasteiger partial charge in [-0.1, -0.05) is 30.3 Å². The highest BCUT2D eigenvalue weighted by molar-refractivity contribution is 6.15. The van der Waals surface area contributed by atoms with Gasteiger partial charge in [-0.2, -0.15) is 0 Å². The third-order valence-electron chi connectivity index (χ3n) is 4.07. The second-order valence-corrected chi connectivity index (χ2v) is 5.42. The van der Waals surface area contributed by atoms with Crippen LogP contribution in [0.4, 0.5) is 0 Å². The van der Waals surface area contributed by atoms with E-state index in [-0.39, 0.29) is 0 Å². The van der Waals surface area contributed by atoms with Crippen molar-refractivity contribution in [3.8, 4) is 5.75 Å². The Morgan fingerprint density at radius 2 is 1.67 bits per heavy atom. The molecule has 3 nitrogen and oxygen atoms in total. The van der Waals surface area contributed by atoms with Gasteiger partial charge in [-0.05, 0) is 24.1 Å². The monoisotopic (exact) mass is 278 g/mol. The van der Waals surface area contributed by atoms with Crippen LogP contribution in [-0.2, 0) is 12.8 Å². The van der Waals surface area contributed by atoms with Gasteiger partial charge >= 0.3 is 0 Å². The molecule has 0 amide bonds. The summed E-state index contributed by atoms with van der Waals surface area (Å²) in [5.74, 6) is 0.795. The quantitative estimate of drug-likeness (QED) is 0.823. The number of hydrogen-bond acceptors (Lipinski definition) is 3. The van der Waals surface area contributed by atoms with E-state index in [0.717, 1.165) is 33.6 Å². The second kappa shape index (κ2) is 5.17. The minimum Gasteiger partial charge on any atom is -0.496 e. The third kappa shape index (κ3) is 2.25. The van der Waals surface area contributed by atoms with E-state index in [2.05, 4.69) is 0 Å². The molecule has 0 fully saturated rings. The number of methoxy groups -OCH3 is 1.